The van der Waals surface area contributed by atoms with Crippen LogP contribution in [-0.2, 0) is 4.79 Å². The van der Waals surface area contributed by atoms with Crippen LogP contribution in [0.1, 0.15) is 69.4 Å². The topological polar surface area (TPSA) is 46.5 Å². The molecule has 0 saturated heterocycles. The monoisotopic (exact) mass is 416 g/mol. The number of ether oxygens (including phenoxy) is 1. The molecule has 3 atom stereocenters. The number of fused-ring (bicyclic) bond motifs is 1. The van der Waals surface area contributed by atoms with Gasteiger partial charge in [0.05, 0.1) is 0 Å². The summed E-state index contributed by atoms with van der Waals surface area (Å²) in [5, 5.41) is 12.0. The smallest absolute Gasteiger partial charge is 0.347 e. The SMILES string of the molecule is C[C@@H](C[C@H]1CC[C@@H](c2cccc(OC(C)(C)C(=O)O)c2)C1)c1cccc2ccccc12. The van der Waals surface area contributed by atoms with E-state index in [0.29, 0.717) is 23.5 Å². The van der Waals surface area contributed by atoms with Crippen LogP contribution in [0.25, 0.3) is 10.8 Å². The Kier molecular flexibility index (Phi) is 6.04. The van der Waals surface area contributed by atoms with Crippen LogP contribution in [0.3, 0.4) is 0 Å². The van der Waals surface area contributed by atoms with Gasteiger partial charge in [0.25, 0.3) is 0 Å². The molecule has 31 heavy (non-hydrogen) atoms. The third-order valence-electron chi connectivity index (χ3n) is 6.80. The zero-order valence-corrected chi connectivity index (χ0v) is 18.7. The number of rotatable bonds is 7. The van der Waals surface area contributed by atoms with Crippen molar-refractivity contribution in [3.05, 3.63) is 77.9 Å². The van der Waals surface area contributed by atoms with Gasteiger partial charge in [-0.2, -0.15) is 0 Å². The third kappa shape index (κ3) is 4.76. The van der Waals surface area contributed by atoms with Crippen LogP contribution in [0.2, 0.25) is 0 Å². The summed E-state index contributed by atoms with van der Waals surface area (Å²) in [6, 6.07) is 23.3. The minimum atomic E-state index is -1.23. The van der Waals surface area contributed by atoms with E-state index in [1.165, 1.54) is 47.6 Å². The standard InChI is InChI=1S/C28H32O3/c1-19(25-13-7-9-21-8-4-5-12-26(21)25)16-20-14-15-23(17-20)22-10-6-11-24(18-22)31-28(2,3)27(29)30/h4-13,18-20,23H,14-17H2,1-3H3,(H,29,30)/t19-,20+,23+/m0/s1. The average molecular weight is 417 g/mol. The lowest BCUT2D eigenvalue weighted by atomic mass is 9.86. The summed E-state index contributed by atoms with van der Waals surface area (Å²) in [5.41, 5.74) is 1.48. The fourth-order valence-corrected chi connectivity index (χ4v) is 5.07. The van der Waals surface area contributed by atoms with Gasteiger partial charge in [-0.3, -0.25) is 0 Å². The molecule has 0 unspecified atom stereocenters. The Bertz CT molecular complexity index is 1060. The molecule has 0 amide bonds. The van der Waals surface area contributed by atoms with Gasteiger partial charge < -0.3 is 9.84 Å². The minimum Gasteiger partial charge on any atom is -0.478 e. The van der Waals surface area contributed by atoms with Crippen LogP contribution in [0.15, 0.2) is 66.7 Å². The highest BCUT2D eigenvalue weighted by molar-refractivity contribution is 5.86. The van der Waals surface area contributed by atoms with Crippen molar-refractivity contribution < 1.29 is 14.6 Å². The van der Waals surface area contributed by atoms with Crippen LogP contribution >= 0.6 is 0 Å². The fourth-order valence-electron chi connectivity index (χ4n) is 5.07. The Morgan fingerprint density at radius 1 is 1.06 bits per heavy atom. The van der Waals surface area contributed by atoms with E-state index in [-0.39, 0.29) is 0 Å². The number of hydrogen-bond donors (Lipinski definition) is 1. The number of benzene rings is 3. The summed E-state index contributed by atoms with van der Waals surface area (Å²) in [6.45, 7) is 5.53. The van der Waals surface area contributed by atoms with E-state index in [0.717, 1.165) is 0 Å². The Morgan fingerprint density at radius 3 is 2.61 bits per heavy atom. The molecule has 0 spiro atoms. The Morgan fingerprint density at radius 2 is 1.81 bits per heavy atom. The van der Waals surface area contributed by atoms with Crippen molar-refractivity contribution in [1.82, 2.24) is 0 Å². The van der Waals surface area contributed by atoms with Gasteiger partial charge in [0.15, 0.2) is 5.60 Å². The summed E-state index contributed by atoms with van der Waals surface area (Å²) in [5.74, 6) is 1.43. The second-order valence-corrected chi connectivity index (χ2v) is 9.57. The lowest BCUT2D eigenvalue weighted by Crippen LogP contribution is -2.37. The van der Waals surface area contributed by atoms with Gasteiger partial charge in [0.2, 0.25) is 0 Å². The summed E-state index contributed by atoms with van der Waals surface area (Å²) in [4.78, 5) is 11.4. The molecule has 3 aromatic carbocycles. The molecule has 3 aromatic rings. The van der Waals surface area contributed by atoms with E-state index in [1.807, 2.05) is 18.2 Å². The molecule has 0 aromatic heterocycles. The lowest BCUT2D eigenvalue weighted by molar-refractivity contribution is -0.152. The zero-order chi connectivity index (χ0) is 22.0. The minimum absolute atomic E-state index is 0.515. The molecule has 1 aliphatic carbocycles. The van der Waals surface area contributed by atoms with Crippen LogP contribution in [0, 0.1) is 5.92 Å². The summed E-state index contributed by atoms with van der Waals surface area (Å²) >= 11 is 0. The molecule has 0 bridgehead atoms. The molecule has 1 fully saturated rings. The summed E-state index contributed by atoms with van der Waals surface area (Å²) < 4.78 is 5.75. The number of carboxylic acids is 1. The first-order chi connectivity index (χ1) is 14.8. The molecule has 3 nitrogen and oxygen atoms in total. The van der Waals surface area contributed by atoms with E-state index in [1.54, 1.807) is 13.8 Å². The Hall–Kier alpha value is -2.81. The molecule has 1 saturated carbocycles. The van der Waals surface area contributed by atoms with Crippen LogP contribution in [0.4, 0.5) is 0 Å². The summed E-state index contributed by atoms with van der Waals surface area (Å²) in [6.07, 6.45) is 4.80. The number of hydrogen-bond acceptors (Lipinski definition) is 2. The molecule has 0 heterocycles. The van der Waals surface area contributed by atoms with Gasteiger partial charge in [-0.1, -0.05) is 61.5 Å². The maximum absolute atomic E-state index is 11.4. The van der Waals surface area contributed by atoms with Crippen molar-refractivity contribution >= 4 is 16.7 Å². The average Bonchev–Trinajstić information content (AvgIpc) is 3.21. The molecule has 3 heteroatoms. The second-order valence-electron chi connectivity index (χ2n) is 9.57. The lowest BCUT2D eigenvalue weighted by Gasteiger charge is -2.22. The third-order valence-corrected chi connectivity index (χ3v) is 6.80. The van der Waals surface area contributed by atoms with Crippen molar-refractivity contribution in [3.8, 4) is 5.75 Å². The van der Waals surface area contributed by atoms with Crippen molar-refractivity contribution in [1.29, 1.82) is 0 Å². The highest BCUT2D eigenvalue weighted by atomic mass is 16.5. The van der Waals surface area contributed by atoms with Gasteiger partial charge in [-0.15, -0.1) is 0 Å². The van der Waals surface area contributed by atoms with Crippen LogP contribution in [-0.4, -0.2) is 16.7 Å². The fraction of sp³-hybridized carbons (Fsp3) is 0.393. The predicted molar refractivity (Wildman–Crippen MR) is 126 cm³/mol. The number of carbonyl (C=O) groups is 1. The van der Waals surface area contributed by atoms with Crippen LogP contribution in [0.5, 0.6) is 5.75 Å². The van der Waals surface area contributed by atoms with Crippen LogP contribution < -0.4 is 4.74 Å². The second kappa shape index (κ2) is 8.74. The maximum atomic E-state index is 11.4. The van der Waals surface area contributed by atoms with Gasteiger partial charge in [0, 0.05) is 0 Å². The van der Waals surface area contributed by atoms with Crippen molar-refractivity contribution in [2.75, 3.05) is 0 Å². The quantitative estimate of drug-likeness (QED) is 0.444. The molecule has 4 rings (SSSR count). The van der Waals surface area contributed by atoms with E-state index in [9.17, 15) is 9.90 Å². The Balaban J connectivity index is 1.43. The normalized spacial score (nSPS) is 20.0. The highest BCUT2D eigenvalue weighted by Crippen LogP contribution is 2.43. The van der Waals surface area contributed by atoms with E-state index in [4.69, 9.17) is 4.74 Å². The number of carboxylic acid groups (broad SMARTS) is 1. The van der Waals surface area contributed by atoms with Crippen molar-refractivity contribution in [3.63, 3.8) is 0 Å². The molecule has 1 aliphatic rings. The first-order valence-corrected chi connectivity index (χ1v) is 11.3. The molecular formula is C28H32O3. The van der Waals surface area contributed by atoms with E-state index >= 15 is 0 Å². The zero-order valence-electron chi connectivity index (χ0n) is 18.7. The van der Waals surface area contributed by atoms with Crippen molar-refractivity contribution in [2.45, 2.75) is 63.9 Å². The van der Waals surface area contributed by atoms with E-state index in [2.05, 4.69) is 55.5 Å². The molecule has 162 valence electrons. The van der Waals surface area contributed by atoms with Gasteiger partial charge in [-0.25, -0.2) is 4.79 Å². The van der Waals surface area contributed by atoms with Gasteiger partial charge in [-0.05, 0) is 91.3 Å². The highest BCUT2D eigenvalue weighted by Gasteiger charge is 2.31. The van der Waals surface area contributed by atoms with Gasteiger partial charge >= 0.3 is 5.97 Å². The number of aliphatic carboxylic acids is 1. The maximum Gasteiger partial charge on any atom is 0.347 e. The molecule has 1 N–H and O–H groups in total. The first-order valence-electron chi connectivity index (χ1n) is 11.3. The largest absolute Gasteiger partial charge is 0.478 e. The molecule has 0 radical (unpaired) electrons. The van der Waals surface area contributed by atoms with Crippen molar-refractivity contribution in [2.24, 2.45) is 5.92 Å². The first kappa shape index (κ1) is 21.4. The summed E-state index contributed by atoms with van der Waals surface area (Å²) in [7, 11) is 0. The Labute approximate surface area is 185 Å². The van der Waals surface area contributed by atoms with E-state index < -0.39 is 11.6 Å². The molecule has 0 aliphatic heterocycles. The van der Waals surface area contributed by atoms with Gasteiger partial charge in [0.1, 0.15) is 5.75 Å². The molecular weight excluding hydrogens is 384 g/mol. The predicted octanol–water partition coefficient (Wildman–Crippen LogP) is 7.16.